The molecule has 0 aromatic heterocycles. The van der Waals surface area contributed by atoms with Gasteiger partial charge in [-0.1, -0.05) is 42.5 Å². The molecule has 0 aliphatic carbocycles. The van der Waals surface area contributed by atoms with Gasteiger partial charge in [0.15, 0.2) is 0 Å². The van der Waals surface area contributed by atoms with Crippen LogP contribution in [0.3, 0.4) is 0 Å². The molecule has 154 valence electrons. The Hall–Kier alpha value is -3.61. The number of benzene rings is 3. The summed E-state index contributed by atoms with van der Waals surface area (Å²) in [6.45, 7) is 0.421. The zero-order chi connectivity index (χ0) is 21.6. The van der Waals surface area contributed by atoms with E-state index in [9.17, 15) is 22.8 Å². The zero-order valence-corrected chi connectivity index (χ0v) is 15.9. The third kappa shape index (κ3) is 5.47. The summed E-state index contributed by atoms with van der Waals surface area (Å²) in [6, 6.07) is 20.0. The fraction of sp³-hybridized carbons (Fsp3) is 0.130. The number of carbonyl (C=O) groups excluding carboxylic acids is 2. The van der Waals surface area contributed by atoms with E-state index in [1.165, 1.54) is 0 Å². The highest BCUT2D eigenvalue weighted by Gasteiger charge is 2.30. The molecule has 0 bridgehead atoms. The Bertz CT molecular complexity index is 1020. The Morgan fingerprint density at radius 3 is 2.07 bits per heavy atom. The van der Waals surface area contributed by atoms with E-state index in [4.69, 9.17) is 0 Å². The number of hydrogen-bond donors (Lipinski definition) is 2. The van der Waals surface area contributed by atoms with E-state index in [-0.39, 0.29) is 22.7 Å². The highest BCUT2D eigenvalue weighted by atomic mass is 19.4. The van der Waals surface area contributed by atoms with E-state index in [0.29, 0.717) is 13.0 Å². The molecule has 0 aliphatic heterocycles. The molecular formula is C23H19F3N2O2. The third-order valence-corrected chi connectivity index (χ3v) is 4.44. The minimum atomic E-state index is -4.47. The molecule has 0 fully saturated rings. The Morgan fingerprint density at radius 2 is 1.40 bits per heavy atom. The quantitative estimate of drug-likeness (QED) is 0.603. The number of anilines is 1. The lowest BCUT2D eigenvalue weighted by Gasteiger charge is -2.12. The lowest BCUT2D eigenvalue weighted by molar-refractivity contribution is -0.137. The van der Waals surface area contributed by atoms with Gasteiger partial charge in [-0.25, -0.2) is 0 Å². The topological polar surface area (TPSA) is 58.2 Å². The summed E-state index contributed by atoms with van der Waals surface area (Å²) < 4.78 is 38.0. The molecule has 3 aromatic carbocycles. The average Bonchev–Trinajstić information content (AvgIpc) is 2.74. The van der Waals surface area contributed by atoms with Gasteiger partial charge in [-0.3, -0.25) is 9.59 Å². The van der Waals surface area contributed by atoms with E-state index >= 15 is 0 Å². The van der Waals surface area contributed by atoms with Crippen LogP contribution in [0.5, 0.6) is 0 Å². The molecule has 3 aromatic rings. The standard InChI is InChI=1S/C23H19F3N2O2/c24-23(25,26)18-12-10-17(11-13-18)21(29)28-20-9-5-4-8-19(20)22(30)27-15-14-16-6-2-1-3-7-16/h1-13H,14-15H2,(H,27,30)(H,28,29). The van der Waals surface area contributed by atoms with Crippen LogP contribution in [0.15, 0.2) is 78.9 Å². The summed E-state index contributed by atoms with van der Waals surface area (Å²) in [5.74, 6) is -0.956. The highest BCUT2D eigenvalue weighted by molar-refractivity contribution is 6.09. The molecule has 0 saturated carbocycles. The number of carbonyl (C=O) groups is 2. The van der Waals surface area contributed by atoms with Gasteiger partial charge in [0.2, 0.25) is 0 Å². The SMILES string of the molecule is O=C(Nc1ccccc1C(=O)NCCc1ccccc1)c1ccc(C(F)(F)F)cc1. The first-order valence-corrected chi connectivity index (χ1v) is 9.24. The predicted molar refractivity (Wildman–Crippen MR) is 108 cm³/mol. The van der Waals surface area contributed by atoms with Gasteiger partial charge in [-0.05, 0) is 48.4 Å². The minimum Gasteiger partial charge on any atom is -0.352 e. The third-order valence-electron chi connectivity index (χ3n) is 4.44. The number of alkyl halides is 3. The van der Waals surface area contributed by atoms with Gasteiger partial charge in [-0.15, -0.1) is 0 Å². The molecule has 0 unspecified atom stereocenters. The van der Waals surface area contributed by atoms with E-state index in [1.807, 2.05) is 30.3 Å². The maximum atomic E-state index is 12.7. The summed E-state index contributed by atoms with van der Waals surface area (Å²) in [5, 5.41) is 5.40. The molecule has 4 nitrogen and oxygen atoms in total. The lowest BCUT2D eigenvalue weighted by atomic mass is 10.1. The van der Waals surface area contributed by atoms with Crippen LogP contribution >= 0.6 is 0 Å². The first-order chi connectivity index (χ1) is 14.3. The Morgan fingerprint density at radius 1 is 0.767 bits per heavy atom. The van der Waals surface area contributed by atoms with Crippen molar-refractivity contribution < 1.29 is 22.8 Å². The molecule has 0 spiro atoms. The largest absolute Gasteiger partial charge is 0.416 e. The second-order valence-corrected chi connectivity index (χ2v) is 6.57. The van der Waals surface area contributed by atoms with E-state index in [1.54, 1.807) is 24.3 Å². The van der Waals surface area contributed by atoms with E-state index < -0.39 is 17.6 Å². The molecular weight excluding hydrogens is 393 g/mol. The van der Waals surface area contributed by atoms with Crippen molar-refractivity contribution in [1.82, 2.24) is 5.32 Å². The Kier molecular flexibility index (Phi) is 6.51. The van der Waals surface area contributed by atoms with Gasteiger partial charge in [0.25, 0.3) is 11.8 Å². The first kappa shape index (κ1) is 21.1. The highest BCUT2D eigenvalue weighted by Crippen LogP contribution is 2.29. The molecule has 30 heavy (non-hydrogen) atoms. The van der Waals surface area contributed by atoms with Crippen LogP contribution in [0.25, 0.3) is 0 Å². The van der Waals surface area contributed by atoms with Crippen molar-refractivity contribution in [3.63, 3.8) is 0 Å². The van der Waals surface area contributed by atoms with E-state index in [0.717, 1.165) is 29.8 Å². The summed E-state index contributed by atoms with van der Waals surface area (Å²) in [4.78, 5) is 25.0. The van der Waals surface area contributed by atoms with Crippen LogP contribution in [0, 0.1) is 0 Å². The predicted octanol–water partition coefficient (Wildman–Crippen LogP) is 4.93. The monoisotopic (exact) mass is 412 g/mol. The van der Waals surface area contributed by atoms with Gasteiger partial charge in [0.1, 0.15) is 0 Å². The van der Waals surface area contributed by atoms with Gasteiger partial charge in [-0.2, -0.15) is 13.2 Å². The van der Waals surface area contributed by atoms with Crippen LogP contribution < -0.4 is 10.6 Å². The first-order valence-electron chi connectivity index (χ1n) is 9.24. The van der Waals surface area contributed by atoms with Gasteiger partial charge in [0, 0.05) is 12.1 Å². The van der Waals surface area contributed by atoms with Crippen molar-refractivity contribution in [1.29, 1.82) is 0 Å². The maximum absolute atomic E-state index is 12.7. The lowest BCUT2D eigenvalue weighted by Crippen LogP contribution is -2.27. The minimum absolute atomic E-state index is 0.0577. The molecule has 0 radical (unpaired) electrons. The van der Waals surface area contributed by atoms with Crippen molar-refractivity contribution >= 4 is 17.5 Å². The van der Waals surface area contributed by atoms with Crippen LogP contribution in [0.2, 0.25) is 0 Å². The van der Waals surface area contributed by atoms with Crippen molar-refractivity contribution in [2.75, 3.05) is 11.9 Å². The van der Waals surface area contributed by atoms with Crippen molar-refractivity contribution in [2.45, 2.75) is 12.6 Å². The van der Waals surface area contributed by atoms with E-state index in [2.05, 4.69) is 10.6 Å². The number of rotatable bonds is 6. The number of amides is 2. The van der Waals surface area contributed by atoms with Crippen LogP contribution in [0.1, 0.15) is 31.8 Å². The fourth-order valence-corrected chi connectivity index (χ4v) is 2.86. The fourth-order valence-electron chi connectivity index (χ4n) is 2.86. The van der Waals surface area contributed by atoms with Crippen molar-refractivity contribution in [2.24, 2.45) is 0 Å². The molecule has 0 atom stereocenters. The molecule has 3 rings (SSSR count). The molecule has 7 heteroatoms. The summed E-state index contributed by atoms with van der Waals surface area (Å²) in [6.07, 6.45) is -3.81. The number of nitrogens with one attached hydrogen (secondary N) is 2. The normalized spacial score (nSPS) is 11.0. The van der Waals surface area contributed by atoms with Crippen LogP contribution in [-0.4, -0.2) is 18.4 Å². The Balaban J connectivity index is 1.65. The van der Waals surface area contributed by atoms with Crippen LogP contribution in [0.4, 0.5) is 18.9 Å². The smallest absolute Gasteiger partial charge is 0.352 e. The Labute approximate surface area is 171 Å². The molecule has 0 saturated heterocycles. The number of hydrogen-bond acceptors (Lipinski definition) is 2. The molecule has 2 N–H and O–H groups in total. The maximum Gasteiger partial charge on any atom is 0.416 e. The molecule has 0 aliphatic rings. The van der Waals surface area contributed by atoms with Gasteiger partial charge < -0.3 is 10.6 Å². The second-order valence-electron chi connectivity index (χ2n) is 6.57. The van der Waals surface area contributed by atoms with Gasteiger partial charge >= 0.3 is 6.18 Å². The molecule has 2 amide bonds. The molecule has 0 heterocycles. The number of halogens is 3. The summed E-state index contributed by atoms with van der Waals surface area (Å²) >= 11 is 0. The van der Waals surface area contributed by atoms with Gasteiger partial charge in [0.05, 0.1) is 16.8 Å². The van der Waals surface area contributed by atoms with Crippen molar-refractivity contribution in [3.05, 3.63) is 101 Å². The number of para-hydroxylation sites is 1. The average molecular weight is 412 g/mol. The summed E-state index contributed by atoms with van der Waals surface area (Å²) in [7, 11) is 0. The second kappa shape index (κ2) is 9.26. The summed E-state index contributed by atoms with van der Waals surface area (Å²) in [5.41, 5.74) is 0.853. The van der Waals surface area contributed by atoms with Crippen LogP contribution in [-0.2, 0) is 12.6 Å². The zero-order valence-electron chi connectivity index (χ0n) is 15.9. The van der Waals surface area contributed by atoms with Crippen molar-refractivity contribution in [3.8, 4) is 0 Å².